The van der Waals surface area contributed by atoms with Gasteiger partial charge in [0.15, 0.2) is 11.3 Å². The summed E-state index contributed by atoms with van der Waals surface area (Å²) in [6, 6.07) is 3.36. The van der Waals surface area contributed by atoms with Crippen LogP contribution >= 0.6 is 24.2 Å². The van der Waals surface area contributed by atoms with Gasteiger partial charge in [0, 0.05) is 14.1 Å². The van der Waals surface area contributed by atoms with E-state index in [2.05, 4.69) is 17.8 Å². The van der Waals surface area contributed by atoms with Crippen LogP contribution < -0.4 is 4.90 Å². The van der Waals surface area contributed by atoms with E-state index in [-0.39, 0.29) is 16.3 Å². The third-order valence-corrected chi connectivity index (χ3v) is 5.32. The van der Waals surface area contributed by atoms with E-state index in [1.165, 1.54) is 20.4 Å². The number of imide groups is 1. The number of oxime groups is 1. The lowest BCUT2D eigenvalue weighted by Gasteiger charge is -2.41. The molecule has 4 amide bonds. The number of thiol groups is 1. The first kappa shape index (κ1) is 21.7. The minimum atomic E-state index is -1.02. The van der Waals surface area contributed by atoms with E-state index in [4.69, 9.17) is 20.9 Å². The van der Waals surface area contributed by atoms with Gasteiger partial charge in [-0.05, 0) is 31.2 Å². The summed E-state index contributed by atoms with van der Waals surface area (Å²) in [5, 5.41) is 3.38. The number of anilines is 1. The van der Waals surface area contributed by atoms with Crippen molar-refractivity contribution in [3.05, 3.63) is 52.7 Å². The Hall–Kier alpha value is -3.05. The Kier molecular flexibility index (Phi) is 6.04. The fraction of sp³-hybridized carbons (Fsp3) is 0.222. The van der Waals surface area contributed by atoms with Crippen LogP contribution in [0.15, 0.2) is 40.1 Å². The maximum absolute atomic E-state index is 14.6. The molecule has 1 saturated heterocycles. The van der Waals surface area contributed by atoms with Crippen LogP contribution in [0.5, 0.6) is 0 Å². The highest BCUT2D eigenvalue weighted by molar-refractivity contribution is 7.80. The molecule has 0 unspecified atom stereocenters. The topological polar surface area (TPSA) is 95.7 Å². The van der Waals surface area contributed by atoms with Crippen molar-refractivity contribution in [1.82, 2.24) is 9.80 Å². The first-order valence-corrected chi connectivity index (χ1v) is 9.33. The summed E-state index contributed by atoms with van der Waals surface area (Å²) in [5.74, 6) is -1.61. The number of hydrogen-bond acceptors (Lipinski definition) is 7. The molecule has 2 heterocycles. The molecule has 1 aromatic carbocycles. The molecule has 12 heteroatoms. The minimum absolute atomic E-state index is 0.274. The van der Waals surface area contributed by atoms with Crippen molar-refractivity contribution in [2.75, 3.05) is 19.0 Å². The quantitative estimate of drug-likeness (QED) is 0.328. The molecule has 0 radical (unpaired) electrons. The van der Waals surface area contributed by atoms with E-state index >= 15 is 0 Å². The first-order chi connectivity index (χ1) is 14.1. The van der Waals surface area contributed by atoms with Gasteiger partial charge in [0.1, 0.15) is 11.5 Å². The van der Waals surface area contributed by atoms with E-state index in [1.54, 1.807) is 19.1 Å². The summed E-state index contributed by atoms with van der Waals surface area (Å²) >= 11 is 10.1. The van der Waals surface area contributed by atoms with Crippen LogP contribution in [0.2, 0.25) is 5.02 Å². The third-order valence-electron chi connectivity index (χ3n) is 4.32. The second-order valence-electron chi connectivity index (χ2n) is 6.28. The molecule has 0 N–H and O–H groups in total. The third kappa shape index (κ3) is 3.85. The number of urea groups is 2. The van der Waals surface area contributed by atoms with E-state index in [1.807, 2.05) is 0 Å². The lowest BCUT2D eigenvalue weighted by Crippen LogP contribution is -2.62. The molecule has 2 aromatic rings. The lowest BCUT2D eigenvalue weighted by molar-refractivity contribution is 0.0516. The van der Waals surface area contributed by atoms with Crippen LogP contribution in [-0.2, 0) is 4.84 Å². The van der Waals surface area contributed by atoms with Gasteiger partial charge in [-0.15, -0.1) is 12.6 Å². The summed E-state index contributed by atoms with van der Waals surface area (Å²) in [6.07, 6.45) is 1.43. The van der Waals surface area contributed by atoms with Gasteiger partial charge < -0.3 is 9.25 Å². The Labute approximate surface area is 181 Å². The van der Waals surface area contributed by atoms with Gasteiger partial charge in [-0.2, -0.15) is 0 Å². The smallest absolute Gasteiger partial charge is 0.367 e. The molecule has 30 heavy (non-hydrogen) atoms. The van der Waals surface area contributed by atoms with Crippen LogP contribution in [0.4, 0.5) is 19.7 Å². The highest BCUT2D eigenvalue weighted by Gasteiger charge is 2.41. The number of carbonyl (C=O) groups is 3. The van der Waals surface area contributed by atoms with Crippen molar-refractivity contribution >= 4 is 53.7 Å². The lowest BCUT2D eigenvalue weighted by atomic mass is 10.1. The summed E-state index contributed by atoms with van der Waals surface area (Å²) in [5.41, 5.74) is -1.31. The number of rotatable bonds is 4. The van der Waals surface area contributed by atoms with Crippen molar-refractivity contribution in [3.63, 3.8) is 0 Å². The van der Waals surface area contributed by atoms with E-state index < -0.39 is 35.0 Å². The van der Waals surface area contributed by atoms with Crippen LogP contribution in [-0.4, -0.2) is 53.1 Å². The molecule has 158 valence electrons. The predicted octanol–water partition coefficient (Wildman–Crippen LogP) is 3.79. The summed E-state index contributed by atoms with van der Waals surface area (Å²) in [7, 11) is 2.79. The van der Waals surface area contributed by atoms with Crippen LogP contribution in [0.25, 0.3) is 0 Å². The van der Waals surface area contributed by atoms with Gasteiger partial charge in [0.25, 0.3) is 0 Å². The van der Waals surface area contributed by atoms with Crippen LogP contribution in [0, 0.1) is 5.82 Å². The Morgan fingerprint density at radius 1 is 1.27 bits per heavy atom. The molecule has 1 fully saturated rings. The molecule has 0 aliphatic carbocycles. The number of nitrogens with zero attached hydrogens (tertiary/aromatic N) is 4. The van der Waals surface area contributed by atoms with E-state index in [0.29, 0.717) is 10.7 Å². The standard InChI is InChI=1S/C18H16ClFN4O5S/c1-9(14-5-4-6-28-14)21-29-15(25)10-7-13(12(20)8-11(10)19)24-16(26)22(2)18(30)23(3)17(24)27/h4-8,18,30H,1-3H3/b21-9+. The predicted molar refractivity (Wildman–Crippen MR) is 109 cm³/mol. The van der Waals surface area contributed by atoms with Crippen molar-refractivity contribution in [2.24, 2.45) is 5.16 Å². The molecule has 1 aliphatic rings. The zero-order valence-corrected chi connectivity index (χ0v) is 17.6. The van der Waals surface area contributed by atoms with Gasteiger partial charge >= 0.3 is 18.0 Å². The molecule has 1 aromatic heterocycles. The molecule has 0 atom stereocenters. The van der Waals surface area contributed by atoms with Crippen molar-refractivity contribution < 1.29 is 28.0 Å². The van der Waals surface area contributed by atoms with Gasteiger partial charge in [-0.3, -0.25) is 9.80 Å². The van der Waals surface area contributed by atoms with Gasteiger partial charge in [0.2, 0.25) is 0 Å². The molecule has 9 nitrogen and oxygen atoms in total. The molecule has 1 aliphatic heterocycles. The normalized spacial score (nSPS) is 15.8. The molecular weight excluding hydrogens is 439 g/mol. The minimum Gasteiger partial charge on any atom is -0.463 e. The zero-order chi connectivity index (χ0) is 22.2. The summed E-state index contributed by atoms with van der Waals surface area (Å²) < 4.78 is 19.7. The SMILES string of the molecule is C/C(=N\OC(=O)c1cc(N2C(=O)N(C)C(S)N(C)C2=O)c(F)cc1Cl)c1ccco1. The van der Waals surface area contributed by atoms with E-state index in [0.717, 1.165) is 21.9 Å². The fourth-order valence-electron chi connectivity index (χ4n) is 2.61. The van der Waals surface area contributed by atoms with Crippen molar-refractivity contribution in [2.45, 2.75) is 12.4 Å². The summed E-state index contributed by atoms with van der Waals surface area (Å²) in [6.45, 7) is 1.55. The number of carbonyl (C=O) groups excluding carboxylic acids is 3. The monoisotopic (exact) mass is 454 g/mol. The Morgan fingerprint density at radius 3 is 2.47 bits per heavy atom. The van der Waals surface area contributed by atoms with E-state index in [9.17, 15) is 18.8 Å². The Morgan fingerprint density at radius 2 is 1.90 bits per heavy atom. The van der Waals surface area contributed by atoms with Gasteiger partial charge in [0.05, 0.1) is 22.5 Å². The van der Waals surface area contributed by atoms with Crippen molar-refractivity contribution in [3.8, 4) is 0 Å². The number of amides is 4. The number of halogens is 2. The highest BCUT2D eigenvalue weighted by atomic mass is 35.5. The first-order valence-electron chi connectivity index (χ1n) is 8.44. The maximum atomic E-state index is 14.6. The maximum Gasteiger partial charge on any atom is 0.367 e. The molecular formula is C18H16ClFN4O5S. The largest absolute Gasteiger partial charge is 0.463 e. The Bertz CT molecular complexity index is 1020. The molecule has 0 spiro atoms. The number of benzene rings is 1. The molecule has 0 saturated carbocycles. The van der Waals surface area contributed by atoms with Crippen LogP contribution in [0.1, 0.15) is 23.0 Å². The second kappa shape index (κ2) is 8.36. The fourth-order valence-corrected chi connectivity index (χ4v) is 3.04. The zero-order valence-electron chi connectivity index (χ0n) is 16.0. The number of furan rings is 1. The summed E-state index contributed by atoms with van der Waals surface area (Å²) in [4.78, 5) is 45.2. The average Bonchev–Trinajstić information content (AvgIpc) is 3.25. The number of hydrogen-bond donors (Lipinski definition) is 1. The molecule has 0 bridgehead atoms. The van der Waals surface area contributed by atoms with Gasteiger partial charge in [-0.25, -0.2) is 23.7 Å². The Balaban J connectivity index is 1.94. The molecule has 3 rings (SSSR count). The van der Waals surface area contributed by atoms with Gasteiger partial charge in [-0.1, -0.05) is 16.8 Å². The highest BCUT2D eigenvalue weighted by Crippen LogP contribution is 2.31. The van der Waals surface area contributed by atoms with Crippen LogP contribution in [0.3, 0.4) is 0 Å². The average molecular weight is 455 g/mol. The van der Waals surface area contributed by atoms with Crippen molar-refractivity contribution in [1.29, 1.82) is 0 Å². The second-order valence-corrected chi connectivity index (χ2v) is 7.15.